The van der Waals surface area contributed by atoms with Gasteiger partial charge in [0, 0.05) is 32.5 Å². The van der Waals surface area contributed by atoms with Crippen LogP contribution in [0.25, 0.3) is 11.0 Å². The number of nitrogens with one attached hydrogen (secondary N) is 1. The lowest BCUT2D eigenvalue weighted by atomic mass is 10.2. The van der Waals surface area contributed by atoms with Gasteiger partial charge in [0.05, 0.1) is 6.61 Å². The first kappa shape index (κ1) is 12.3. The highest BCUT2D eigenvalue weighted by molar-refractivity contribution is 6.76. The molecule has 0 aliphatic rings. The van der Waals surface area contributed by atoms with Crippen LogP contribution in [0.5, 0.6) is 0 Å². The normalized spacial score (nSPS) is 12.2. The highest BCUT2D eigenvalue weighted by Crippen LogP contribution is 2.13. The Morgan fingerprint density at radius 1 is 1.35 bits per heavy atom. The minimum Gasteiger partial charge on any atom is -0.377 e. The van der Waals surface area contributed by atoms with E-state index in [1.165, 1.54) is 6.04 Å². The van der Waals surface area contributed by atoms with Crippen LogP contribution in [0.15, 0.2) is 24.5 Å². The summed E-state index contributed by atoms with van der Waals surface area (Å²) in [6.45, 7) is 8.62. The fraction of sp³-hybridized carbons (Fsp3) is 0.462. The molecule has 4 heteroatoms. The van der Waals surface area contributed by atoms with Crippen molar-refractivity contribution in [2.45, 2.75) is 32.3 Å². The zero-order chi connectivity index (χ0) is 12.3. The average Bonchev–Trinajstić information content (AvgIpc) is 2.70. The van der Waals surface area contributed by atoms with E-state index in [0.717, 1.165) is 23.2 Å². The van der Waals surface area contributed by atoms with Gasteiger partial charge in [0.25, 0.3) is 0 Å². The van der Waals surface area contributed by atoms with E-state index >= 15 is 0 Å². The van der Waals surface area contributed by atoms with Crippen LogP contribution in [0.1, 0.15) is 5.56 Å². The molecule has 2 rings (SSSR count). The minimum absolute atomic E-state index is 0.665. The zero-order valence-corrected chi connectivity index (χ0v) is 11.8. The highest BCUT2D eigenvalue weighted by Gasteiger charge is 2.11. The molecule has 0 saturated carbocycles. The van der Waals surface area contributed by atoms with Gasteiger partial charge in [-0.25, -0.2) is 4.98 Å². The summed E-state index contributed by atoms with van der Waals surface area (Å²) in [5, 5.41) is 1.15. The zero-order valence-electron chi connectivity index (χ0n) is 10.8. The molecule has 2 aromatic heterocycles. The molecule has 3 nitrogen and oxygen atoms in total. The Labute approximate surface area is 103 Å². The number of aromatic nitrogens is 2. The van der Waals surface area contributed by atoms with Crippen molar-refractivity contribution in [1.29, 1.82) is 0 Å². The molecule has 0 atom stereocenters. The lowest BCUT2D eigenvalue weighted by Crippen LogP contribution is -2.21. The van der Waals surface area contributed by atoms with Crippen LogP contribution in [-0.4, -0.2) is 24.6 Å². The molecule has 92 valence electrons. The quantitative estimate of drug-likeness (QED) is 0.650. The smallest absolute Gasteiger partial charge is 0.137 e. The topological polar surface area (TPSA) is 37.9 Å². The van der Waals surface area contributed by atoms with Gasteiger partial charge >= 0.3 is 0 Å². The summed E-state index contributed by atoms with van der Waals surface area (Å²) >= 11 is 0. The van der Waals surface area contributed by atoms with Crippen LogP contribution in [-0.2, 0) is 11.3 Å². The third kappa shape index (κ3) is 3.68. The highest BCUT2D eigenvalue weighted by atomic mass is 28.3. The van der Waals surface area contributed by atoms with Gasteiger partial charge in [0.1, 0.15) is 5.65 Å². The summed E-state index contributed by atoms with van der Waals surface area (Å²) < 4.78 is 5.71. The lowest BCUT2D eigenvalue weighted by molar-refractivity contribution is 0.133. The van der Waals surface area contributed by atoms with Crippen molar-refractivity contribution in [3.63, 3.8) is 0 Å². The van der Waals surface area contributed by atoms with E-state index in [0.29, 0.717) is 6.61 Å². The van der Waals surface area contributed by atoms with E-state index in [2.05, 4.69) is 35.7 Å². The Kier molecular flexibility index (Phi) is 3.64. The van der Waals surface area contributed by atoms with E-state index in [-0.39, 0.29) is 0 Å². The Morgan fingerprint density at radius 2 is 2.18 bits per heavy atom. The molecule has 0 bridgehead atoms. The summed E-state index contributed by atoms with van der Waals surface area (Å²) in [5.74, 6) is 0. The monoisotopic (exact) mass is 248 g/mol. The van der Waals surface area contributed by atoms with Gasteiger partial charge < -0.3 is 9.72 Å². The molecule has 0 aliphatic carbocycles. The number of rotatable bonds is 5. The Morgan fingerprint density at radius 3 is 2.94 bits per heavy atom. The predicted molar refractivity (Wildman–Crippen MR) is 73.9 cm³/mol. The van der Waals surface area contributed by atoms with Gasteiger partial charge in [0.15, 0.2) is 0 Å². The molecule has 2 aromatic rings. The maximum absolute atomic E-state index is 5.71. The number of ether oxygens (including phenoxy) is 1. The van der Waals surface area contributed by atoms with Crippen LogP contribution < -0.4 is 0 Å². The van der Waals surface area contributed by atoms with E-state index in [9.17, 15) is 0 Å². The van der Waals surface area contributed by atoms with Crippen molar-refractivity contribution in [3.8, 4) is 0 Å². The second-order valence-electron chi connectivity index (χ2n) is 5.62. The van der Waals surface area contributed by atoms with Crippen molar-refractivity contribution in [3.05, 3.63) is 30.1 Å². The van der Waals surface area contributed by atoms with Gasteiger partial charge in [-0.1, -0.05) is 19.6 Å². The van der Waals surface area contributed by atoms with Crippen LogP contribution in [0.3, 0.4) is 0 Å². The van der Waals surface area contributed by atoms with E-state index in [1.807, 2.05) is 18.5 Å². The fourth-order valence-corrected chi connectivity index (χ4v) is 2.39. The van der Waals surface area contributed by atoms with Gasteiger partial charge in [-0.05, 0) is 23.7 Å². The summed E-state index contributed by atoms with van der Waals surface area (Å²) in [7, 11) is -0.974. The average molecular weight is 248 g/mol. The largest absolute Gasteiger partial charge is 0.377 e. The van der Waals surface area contributed by atoms with Gasteiger partial charge in [-0.2, -0.15) is 0 Å². The molecule has 0 saturated heterocycles. The summed E-state index contributed by atoms with van der Waals surface area (Å²) in [6.07, 6.45) is 3.79. The molecule has 0 aliphatic heterocycles. The standard InChI is InChI=1S/C13H20N2OSi/c1-17(2,3)7-6-16-10-11-8-12-4-5-14-13(12)15-9-11/h4-5,8-9H,6-7,10H2,1-3H3,(H,14,15). The van der Waals surface area contributed by atoms with Gasteiger partial charge in [-0.15, -0.1) is 0 Å². The fourth-order valence-electron chi connectivity index (χ4n) is 1.63. The third-order valence-corrected chi connectivity index (χ3v) is 4.43. The Bertz CT molecular complexity index is 487. The molecule has 0 unspecified atom stereocenters. The molecule has 2 heterocycles. The number of aromatic amines is 1. The molecule has 17 heavy (non-hydrogen) atoms. The van der Waals surface area contributed by atoms with Crippen LogP contribution >= 0.6 is 0 Å². The first-order chi connectivity index (χ1) is 8.04. The number of pyridine rings is 1. The van der Waals surface area contributed by atoms with Crippen LogP contribution in [0.4, 0.5) is 0 Å². The minimum atomic E-state index is -0.974. The summed E-state index contributed by atoms with van der Waals surface area (Å²) in [5.41, 5.74) is 2.09. The van der Waals surface area contributed by atoms with Gasteiger partial charge in [0.2, 0.25) is 0 Å². The van der Waals surface area contributed by atoms with Crippen molar-refractivity contribution >= 4 is 19.1 Å². The van der Waals surface area contributed by atoms with E-state index in [4.69, 9.17) is 4.74 Å². The van der Waals surface area contributed by atoms with Crippen molar-refractivity contribution < 1.29 is 4.74 Å². The number of hydrogen-bond acceptors (Lipinski definition) is 2. The van der Waals surface area contributed by atoms with Crippen LogP contribution in [0, 0.1) is 0 Å². The number of H-pyrrole nitrogens is 1. The summed E-state index contributed by atoms with van der Waals surface area (Å²) in [4.78, 5) is 7.43. The molecular formula is C13H20N2OSi. The van der Waals surface area contributed by atoms with Crippen LogP contribution in [0.2, 0.25) is 25.7 Å². The van der Waals surface area contributed by atoms with E-state index in [1.54, 1.807) is 0 Å². The second kappa shape index (κ2) is 5.02. The predicted octanol–water partition coefficient (Wildman–Crippen LogP) is 3.42. The molecular weight excluding hydrogens is 228 g/mol. The maximum atomic E-state index is 5.71. The number of nitrogens with zero attached hydrogens (tertiary/aromatic N) is 1. The molecule has 0 aromatic carbocycles. The maximum Gasteiger partial charge on any atom is 0.137 e. The number of fused-ring (bicyclic) bond motifs is 1. The first-order valence-corrected chi connectivity index (χ1v) is 9.75. The first-order valence-electron chi connectivity index (χ1n) is 6.04. The van der Waals surface area contributed by atoms with Crippen molar-refractivity contribution in [1.82, 2.24) is 9.97 Å². The summed E-state index contributed by atoms with van der Waals surface area (Å²) in [6, 6.07) is 5.38. The van der Waals surface area contributed by atoms with Gasteiger partial charge in [-0.3, -0.25) is 0 Å². The van der Waals surface area contributed by atoms with Crippen molar-refractivity contribution in [2.75, 3.05) is 6.61 Å². The second-order valence-corrected chi connectivity index (χ2v) is 11.2. The molecule has 1 N–H and O–H groups in total. The Balaban J connectivity index is 1.86. The molecule has 0 amide bonds. The third-order valence-electron chi connectivity index (χ3n) is 2.72. The Hall–Kier alpha value is -1.13. The number of hydrogen-bond donors (Lipinski definition) is 1. The van der Waals surface area contributed by atoms with E-state index < -0.39 is 8.07 Å². The molecule has 0 fully saturated rings. The molecule has 0 spiro atoms. The van der Waals surface area contributed by atoms with Crippen molar-refractivity contribution in [2.24, 2.45) is 0 Å². The SMILES string of the molecule is C[Si](C)(C)CCOCc1cnc2[nH]ccc2c1. The lowest BCUT2D eigenvalue weighted by Gasteiger charge is -2.15. The molecule has 0 radical (unpaired) electrons.